The molecule has 0 unspecified atom stereocenters. The molecule has 1 aliphatic rings. The van der Waals surface area contributed by atoms with Crippen LogP contribution in [0.25, 0.3) is 0 Å². The van der Waals surface area contributed by atoms with E-state index in [0.29, 0.717) is 17.0 Å². The monoisotopic (exact) mass is 526 g/mol. The number of nitrogens with one attached hydrogen (secondary N) is 1. The number of halogens is 3. The lowest BCUT2D eigenvalue weighted by molar-refractivity contribution is -0.120. The molecule has 4 rings (SSSR count). The normalized spacial score (nSPS) is 13.9. The molecule has 184 valence electrons. The van der Waals surface area contributed by atoms with Crippen LogP contribution < -0.4 is 15.0 Å². The molecule has 2 amide bonds. The van der Waals surface area contributed by atoms with Crippen LogP contribution in [0.1, 0.15) is 36.7 Å². The second-order valence-electron chi connectivity index (χ2n) is 9.07. The number of ether oxygens (including phenoxy) is 1. The van der Waals surface area contributed by atoms with Crippen LogP contribution in [0.15, 0.2) is 77.5 Å². The van der Waals surface area contributed by atoms with E-state index in [4.69, 9.17) is 27.9 Å². The molecule has 1 heterocycles. The van der Waals surface area contributed by atoms with E-state index in [1.54, 1.807) is 24.3 Å². The van der Waals surface area contributed by atoms with Crippen molar-refractivity contribution < 1.29 is 23.5 Å². The molecule has 3 aromatic rings. The topological polar surface area (TPSA) is 75.7 Å². The maximum Gasteiger partial charge on any atom is 0.343 e. The number of anilines is 2. The largest absolute Gasteiger partial charge is 0.423 e. The van der Waals surface area contributed by atoms with Crippen molar-refractivity contribution in [2.75, 3.05) is 10.2 Å². The van der Waals surface area contributed by atoms with Gasteiger partial charge in [0.15, 0.2) is 0 Å². The Labute approximate surface area is 217 Å². The van der Waals surface area contributed by atoms with Gasteiger partial charge in [-0.1, -0.05) is 62.2 Å². The zero-order chi connectivity index (χ0) is 26.2. The molecular formula is C27H21Cl2FN2O4. The first-order valence-corrected chi connectivity index (χ1v) is 11.7. The Morgan fingerprint density at radius 3 is 2.25 bits per heavy atom. The van der Waals surface area contributed by atoms with Crippen molar-refractivity contribution >= 4 is 52.4 Å². The summed E-state index contributed by atoms with van der Waals surface area (Å²) in [5.41, 5.74) is 1.32. The molecule has 0 saturated carbocycles. The lowest BCUT2D eigenvalue weighted by Gasteiger charge is -2.22. The Morgan fingerprint density at radius 2 is 1.61 bits per heavy atom. The molecule has 0 spiro atoms. The first-order chi connectivity index (χ1) is 17.0. The molecule has 0 bridgehead atoms. The first-order valence-electron chi connectivity index (χ1n) is 10.9. The summed E-state index contributed by atoms with van der Waals surface area (Å²) in [5.74, 6) is -2.25. The number of hydrogen-bond donors (Lipinski definition) is 1. The molecule has 0 fully saturated rings. The standard InChI is InChI=1S/C27H21Cl2FN2O4/c1-27(2,3)18-6-4-5-7-21(18)36-26(35)15-8-10-16(11-9-15)31-23-22(29)24(33)32(25(23)34)17-12-13-20(30)19(28)14-17/h4-14,31H,1-3H3. The van der Waals surface area contributed by atoms with Crippen molar-refractivity contribution in [2.45, 2.75) is 26.2 Å². The highest BCUT2D eigenvalue weighted by Gasteiger charge is 2.39. The summed E-state index contributed by atoms with van der Waals surface area (Å²) in [4.78, 5) is 39.0. The van der Waals surface area contributed by atoms with Gasteiger partial charge in [-0.2, -0.15) is 0 Å². The highest BCUT2D eigenvalue weighted by atomic mass is 35.5. The minimum absolute atomic E-state index is 0.0833. The average Bonchev–Trinajstić information content (AvgIpc) is 3.04. The van der Waals surface area contributed by atoms with Crippen LogP contribution in [-0.2, 0) is 15.0 Å². The third-order valence-electron chi connectivity index (χ3n) is 5.48. The van der Waals surface area contributed by atoms with Crippen molar-refractivity contribution in [3.8, 4) is 5.75 Å². The van der Waals surface area contributed by atoms with Gasteiger partial charge in [-0.05, 0) is 53.9 Å². The Morgan fingerprint density at radius 1 is 0.944 bits per heavy atom. The molecular weight excluding hydrogens is 506 g/mol. The van der Waals surface area contributed by atoms with E-state index in [-0.39, 0.29) is 26.9 Å². The smallest absolute Gasteiger partial charge is 0.343 e. The van der Waals surface area contributed by atoms with Crippen molar-refractivity contribution in [2.24, 2.45) is 0 Å². The van der Waals surface area contributed by atoms with Crippen molar-refractivity contribution in [3.63, 3.8) is 0 Å². The fourth-order valence-electron chi connectivity index (χ4n) is 3.64. The van der Waals surface area contributed by atoms with E-state index >= 15 is 0 Å². The number of carbonyl (C=O) groups excluding carboxylic acids is 3. The SMILES string of the molecule is CC(C)(C)c1ccccc1OC(=O)c1ccc(NC2=C(Cl)C(=O)N(c3ccc(F)c(Cl)c3)C2=O)cc1. The molecule has 0 saturated heterocycles. The fourth-order valence-corrected chi connectivity index (χ4v) is 4.03. The Balaban J connectivity index is 1.50. The molecule has 0 radical (unpaired) electrons. The number of amides is 2. The second-order valence-corrected chi connectivity index (χ2v) is 9.86. The van der Waals surface area contributed by atoms with Gasteiger partial charge in [0.1, 0.15) is 22.3 Å². The number of esters is 1. The van der Waals surface area contributed by atoms with E-state index in [1.807, 2.05) is 32.9 Å². The van der Waals surface area contributed by atoms with E-state index in [1.165, 1.54) is 18.2 Å². The number of para-hydroxylation sites is 1. The van der Waals surface area contributed by atoms with Crippen molar-refractivity contribution in [3.05, 3.63) is 99.4 Å². The van der Waals surface area contributed by atoms with Crippen LogP contribution in [0.4, 0.5) is 15.8 Å². The highest BCUT2D eigenvalue weighted by Crippen LogP contribution is 2.33. The second kappa shape index (κ2) is 9.76. The Bertz CT molecular complexity index is 1410. The first kappa shape index (κ1) is 25.4. The van der Waals surface area contributed by atoms with Gasteiger partial charge < -0.3 is 10.1 Å². The quantitative estimate of drug-likeness (QED) is 0.235. The van der Waals surface area contributed by atoms with Gasteiger partial charge in [0, 0.05) is 11.3 Å². The maximum atomic E-state index is 13.5. The molecule has 36 heavy (non-hydrogen) atoms. The van der Waals surface area contributed by atoms with Crippen LogP contribution in [-0.4, -0.2) is 17.8 Å². The fraction of sp³-hybridized carbons (Fsp3) is 0.148. The highest BCUT2D eigenvalue weighted by molar-refractivity contribution is 6.53. The van der Waals surface area contributed by atoms with Crippen LogP contribution in [0.5, 0.6) is 5.75 Å². The molecule has 0 atom stereocenters. The molecule has 0 aromatic heterocycles. The molecule has 6 nitrogen and oxygen atoms in total. The third-order valence-corrected chi connectivity index (χ3v) is 6.12. The zero-order valence-corrected chi connectivity index (χ0v) is 21.1. The predicted octanol–water partition coefficient (Wildman–Crippen LogP) is 6.43. The summed E-state index contributed by atoms with van der Waals surface area (Å²) in [5, 5.41) is 2.25. The minimum atomic E-state index is -0.774. The Kier molecular flexibility index (Phi) is 6.89. The number of nitrogens with zero attached hydrogens (tertiary/aromatic N) is 1. The lowest BCUT2D eigenvalue weighted by atomic mass is 9.86. The van der Waals surface area contributed by atoms with E-state index in [2.05, 4.69) is 5.32 Å². The van der Waals surface area contributed by atoms with Gasteiger partial charge in [-0.3, -0.25) is 9.59 Å². The van der Waals surface area contributed by atoms with Crippen LogP contribution in [0.3, 0.4) is 0 Å². The molecule has 9 heteroatoms. The van der Waals surface area contributed by atoms with Gasteiger partial charge in [0.05, 0.1) is 16.3 Å². The van der Waals surface area contributed by atoms with Crippen LogP contribution in [0, 0.1) is 5.82 Å². The summed E-state index contributed by atoms with van der Waals surface area (Å²) in [7, 11) is 0. The van der Waals surface area contributed by atoms with Gasteiger partial charge in [-0.15, -0.1) is 0 Å². The summed E-state index contributed by atoms with van der Waals surface area (Å²) in [6.45, 7) is 6.09. The number of carbonyl (C=O) groups is 3. The number of imide groups is 1. The summed E-state index contributed by atoms with van der Waals surface area (Å²) >= 11 is 11.9. The van der Waals surface area contributed by atoms with Gasteiger partial charge in [-0.25, -0.2) is 14.1 Å². The number of benzene rings is 3. The summed E-state index contributed by atoms with van der Waals surface area (Å²) in [6.07, 6.45) is 0. The van der Waals surface area contributed by atoms with E-state index < -0.39 is 23.6 Å². The van der Waals surface area contributed by atoms with Crippen LogP contribution in [0.2, 0.25) is 5.02 Å². The molecule has 3 aromatic carbocycles. The van der Waals surface area contributed by atoms with Crippen LogP contribution >= 0.6 is 23.2 Å². The third kappa shape index (κ3) is 4.98. The maximum absolute atomic E-state index is 13.5. The van der Waals surface area contributed by atoms with Crippen molar-refractivity contribution in [1.29, 1.82) is 0 Å². The Hall–Kier alpha value is -3.68. The molecule has 1 aliphatic heterocycles. The average molecular weight is 527 g/mol. The van der Waals surface area contributed by atoms with Gasteiger partial charge >= 0.3 is 5.97 Å². The number of rotatable bonds is 5. The van der Waals surface area contributed by atoms with Gasteiger partial charge in [0.25, 0.3) is 11.8 Å². The minimum Gasteiger partial charge on any atom is -0.423 e. The predicted molar refractivity (Wildman–Crippen MR) is 137 cm³/mol. The summed E-state index contributed by atoms with van der Waals surface area (Å²) < 4.78 is 19.1. The van der Waals surface area contributed by atoms with Crippen molar-refractivity contribution in [1.82, 2.24) is 0 Å². The summed E-state index contributed by atoms with van der Waals surface area (Å²) in [6, 6.07) is 17.0. The lowest BCUT2D eigenvalue weighted by Crippen LogP contribution is -2.32. The number of hydrogen-bond acceptors (Lipinski definition) is 5. The molecule has 1 N–H and O–H groups in total. The van der Waals surface area contributed by atoms with Gasteiger partial charge in [0.2, 0.25) is 0 Å². The molecule has 0 aliphatic carbocycles. The zero-order valence-electron chi connectivity index (χ0n) is 19.6. The van der Waals surface area contributed by atoms with E-state index in [0.717, 1.165) is 22.6 Å². The van der Waals surface area contributed by atoms with E-state index in [9.17, 15) is 18.8 Å².